The molecular formula is C24H24N5O6S2-. The Morgan fingerprint density at radius 1 is 1.14 bits per heavy atom. The van der Waals surface area contributed by atoms with Gasteiger partial charge in [-0.05, 0) is 23.3 Å². The number of hydrogen-bond acceptors (Lipinski definition) is 9. The molecular weight excluding hydrogens is 518 g/mol. The van der Waals surface area contributed by atoms with E-state index >= 15 is 0 Å². The largest absolute Gasteiger partial charge is 0.760 e. The Hall–Kier alpha value is -3.23. The lowest BCUT2D eigenvalue weighted by Gasteiger charge is -2.43. The second-order valence-electron chi connectivity index (χ2n) is 8.78. The van der Waals surface area contributed by atoms with Gasteiger partial charge in [-0.25, -0.2) is 23.1 Å². The second-order valence-corrected chi connectivity index (χ2v) is 11.6. The summed E-state index contributed by atoms with van der Waals surface area (Å²) in [4.78, 5) is 26.6. The fraction of sp³-hybridized carbons (Fsp3) is 0.292. The number of amides is 1. The SMILES string of the molecule is CS(=O)(=O)c1ccc(CN2C(=O)C3COCCN3c3nc(-c4ccc(CNS(=O)[O-])cc4)ncc32)cc1. The van der Waals surface area contributed by atoms with Crippen molar-refractivity contribution < 1.29 is 26.7 Å². The molecule has 194 valence electrons. The molecule has 2 aliphatic rings. The molecule has 2 unspecified atom stereocenters. The van der Waals surface area contributed by atoms with Gasteiger partial charge >= 0.3 is 0 Å². The van der Waals surface area contributed by atoms with E-state index in [2.05, 4.69) is 9.71 Å². The molecule has 0 bridgehead atoms. The number of aromatic nitrogens is 2. The number of carbonyl (C=O) groups is 1. The van der Waals surface area contributed by atoms with Gasteiger partial charge in [0.2, 0.25) is 0 Å². The Balaban J connectivity index is 1.47. The van der Waals surface area contributed by atoms with Crippen LogP contribution in [-0.4, -0.2) is 65.1 Å². The Kier molecular flexibility index (Phi) is 7.05. The normalized spacial score (nSPS) is 18.3. The van der Waals surface area contributed by atoms with Crippen molar-refractivity contribution in [2.45, 2.75) is 24.0 Å². The van der Waals surface area contributed by atoms with Crippen LogP contribution in [0.5, 0.6) is 0 Å². The van der Waals surface area contributed by atoms with Gasteiger partial charge in [0.15, 0.2) is 21.5 Å². The molecule has 1 amide bonds. The minimum Gasteiger partial charge on any atom is -0.760 e. The number of carbonyl (C=O) groups excluding carboxylic acids is 1. The minimum atomic E-state index is -3.32. The van der Waals surface area contributed by atoms with Crippen LogP contribution in [0, 0.1) is 0 Å². The summed E-state index contributed by atoms with van der Waals surface area (Å²) in [5.41, 5.74) is 2.87. The van der Waals surface area contributed by atoms with E-state index in [1.54, 1.807) is 35.4 Å². The van der Waals surface area contributed by atoms with Crippen LogP contribution in [0.15, 0.2) is 59.6 Å². The van der Waals surface area contributed by atoms with E-state index in [-0.39, 0.29) is 30.5 Å². The number of ether oxygens (including phenoxy) is 1. The first-order valence-electron chi connectivity index (χ1n) is 11.4. The predicted octanol–water partition coefficient (Wildman–Crippen LogP) is 1.18. The minimum absolute atomic E-state index is 0.136. The van der Waals surface area contributed by atoms with Crippen molar-refractivity contribution >= 4 is 38.5 Å². The van der Waals surface area contributed by atoms with E-state index in [4.69, 9.17) is 9.72 Å². The highest BCUT2D eigenvalue weighted by molar-refractivity contribution is 7.90. The van der Waals surface area contributed by atoms with Gasteiger partial charge in [0.05, 0.1) is 30.9 Å². The molecule has 0 aliphatic carbocycles. The van der Waals surface area contributed by atoms with Gasteiger partial charge in [0.25, 0.3) is 5.91 Å². The molecule has 0 radical (unpaired) electrons. The maximum atomic E-state index is 13.5. The van der Waals surface area contributed by atoms with Gasteiger partial charge < -0.3 is 19.1 Å². The molecule has 0 saturated carbocycles. The van der Waals surface area contributed by atoms with Crippen LogP contribution in [0.4, 0.5) is 11.5 Å². The predicted molar refractivity (Wildman–Crippen MR) is 136 cm³/mol. The van der Waals surface area contributed by atoms with Crippen molar-refractivity contribution in [1.29, 1.82) is 0 Å². The number of anilines is 2. The first kappa shape index (κ1) is 25.4. The molecule has 37 heavy (non-hydrogen) atoms. The third kappa shape index (κ3) is 5.40. The molecule has 5 rings (SSSR count). The highest BCUT2D eigenvalue weighted by Gasteiger charge is 2.41. The quantitative estimate of drug-likeness (QED) is 0.435. The lowest BCUT2D eigenvalue weighted by Crippen LogP contribution is -2.58. The summed E-state index contributed by atoms with van der Waals surface area (Å²) in [6.07, 6.45) is 2.78. The Bertz CT molecular complexity index is 1450. The standard InChI is InChI=1S/C24H25N5O6S2/c1-37(33,34)19-8-4-17(5-9-19)14-29-20-13-25-22(18-6-2-16(3-7-18)12-26-36(31)32)27-23(20)28-10-11-35-15-21(28)24(29)30/h2-9,13,21,26H,10-12,14-15H2,1H3,(H,31,32)/p-1. The van der Waals surface area contributed by atoms with Crippen molar-refractivity contribution in [2.24, 2.45) is 0 Å². The van der Waals surface area contributed by atoms with Crippen LogP contribution in [0.2, 0.25) is 0 Å². The lowest BCUT2D eigenvalue weighted by atomic mass is 10.1. The van der Waals surface area contributed by atoms with E-state index in [0.717, 1.165) is 22.9 Å². The van der Waals surface area contributed by atoms with Gasteiger partial charge in [-0.3, -0.25) is 9.00 Å². The summed E-state index contributed by atoms with van der Waals surface area (Å²) in [7, 11) is -3.32. The summed E-state index contributed by atoms with van der Waals surface area (Å²) in [5.74, 6) is 0.962. The average Bonchev–Trinajstić information content (AvgIpc) is 2.89. The zero-order valence-corrected chi connectivity index (χ0v) is 21.5. The van der Waals surface area contributed by atoms with Crippen molar-refractivity contribution in [2.75, 3.05) is 35.8 Å². The molecule has 1 aromatic heterocycles. The Labute approximate surface area is 216 Å². The third-order valence-electron chi connectivity index (χ3n) is 6.29. The summed E-state index contributed by atoms with van der Waals surface area (Å²) < 4.78 is 53.0. The summed E-state index contributed by atoms with van der Waals surface area (Å²) >= 11 is -2.34. The van der Waals surface area contributed by atoms with E-state index < -0.39 is 27.1 Å². The maximum Gasteiger partial charge on any atom is 0.252 e. The first-order valence-corrected chi connectivity index (χ1v) is 14.4. The van der Waals surface area contributed by atoms with Gasteiger partial charge in [-0.1, -0.05) is 36.4 Å². The second kappa shape index (κ2) is 10.3. The molecule has 13 heteroatoms. The van der Waals surface area contributed by atoms with Crippen LogP contribution >= 0.6 is 0 Å². The maximum absolute atomic E-state index is 13.5. The number of fused-ring (bicyclic) bond motifs is 3. The number of sulfone groups is 1. The summed E-state index contributed by atoms with van der Waals surface area (Å²) in [5, 5.41) is 0. The molecule has 3 aromatic rings. The molecule has 1 fully saturated rings. The number of nitrogens with one attached hydrogen (secondary N) is 1. The molecule has 2 aliphatic heterocycles. The first-order chi connectivity index (χ1) is 17.7. The van der Waals surface area contributed by atoms with E-state index in [0.29, 0.717) is 30.5 Å². The fourth-order valence-corrected chi connectivity index (χ4v) is 5.28. The fourth-order valence-electron chi connectivity index (χ4n) is 4.37. The van der Waals surface area contributed by atoms with Crippen LogP contribution in [0.3, 0.4) is 0 Å². The summed E-state index contributed by atoms with van der Waals surface area (Å²) in [6.45, 7) is 1.63. The van der Waals surface area contributed by atoms with Crippen LogP contribution in [0.1, 0.15) is 11.1 Å². The molecule has 1 N–H and O–H groups in total. The smallest absolute Gasteiger partial charge is 0.252 e. The van der Waals surface area contributed by atoms with Crippen LogP contribution < -0.4 is 14.5 Å². The molecule has 2 atom stereocenters. The lowest BCUT2D eigenvalue weighted by molar-refractivity contribution is -0.122. The number of morpholine rings is 1. The number of nitrogens with zero attached hydrogens (tertiary/aromatic N) is 4. The van der Waals surface area contributed by atoms with Crippen LogP contribution in [-0.2, 0) is 43.7 Å². The van der Waals surface area contributed by atoms with E-state index in [1.807, 2.05) is 17.0 Å². The molecule has 11 nitrogen and oxygen atoms in total. The highest BCUT2D eigenvalue weighted by Crippen LogP contribution is 2.37. The zero-order chi connectivity index (χ0) is 26.2. The van der Waals surface area contributed by atoms with Crippen LogP contribution in [0.25, 0.3) is 11.4 Å². The van der Waals surface area contributed by atoms with E-state index in [1.165, 1.54) is 12.1 Å². The molecule has 0 spiro atoms. The monoisotopic (exact) mass is 542 g/mol. The van der Waals surface area contributed by atoms with Crippen molar-refractivity contribution in [3.05, 3.63) is 65.9 Å². The van der Waals surface area contributed by atoms with Crippen molar-refractivity contribution in [3.63, 3.8) is 0 Å². The van der Waals surface area contributed by atoms with Gasteiger partial charge in [0.1, 0.15) is 11.7 Å². The van der Waals surface area contributed by atoms with Crippen molar-refractivity contribution in [3.8, 4) is 11.4 Å². The van der Waals surface area contributed by atoms with Gasteiger partial charge in [0, 0.05) is 36.2 Å². The zero-order valence-electron chi connectivity index (χ0n) is 19.9. The molecule has 2 aromatic carbocycles. The summed E-state index contributed by atoms with van der Waals surface area (Å²) in [6, 6.07) is 13.2. The van der Waals surface area contributed by atoms with Gasteiger partial charge in [-0.2, -0.15) is 0 Å². The number of benzene rings is 2. The average molecular weight is 543 g/mol. The van der Waals surface area contributed by atoms with Crippen molar-refractivity contribution in [1.82, 2.24) is 14.7 Å². The number of rotatable bonds is 7. The highest BCUT2D eigenvalue weighted by atomic mass is 32.2. The Morgan fingerprint density at radius 3 is 2.51 bits per heavy atom. The molecule has 3 heterocycles. The Morgan fingerprint density at radius 2 is 1.84 bits per heavy atom. The van der Waals surface area contributed by atoms with E-state index in [9.17, 15) is 22.0 Å². The van der Waals surface area contributed by atoms with Gasteiger partial charge in [-0.15, -0.1) is 0 Å². The number of hydrogen-bond donors (Lipinski definition) is 1. The topological polar surface area (TPSA) is 145 Å². The third-order valence-corrected chi connectivity index (χ3v) is 7.80. The molecule has 1 saturated heterocycles.